The molecule has 2 amide bonds. The number of rotatable bonds is 15. The van der Waals surface area contributed by atoms with E-state index in [0.29, 0.717) is 0 Å². The number of aromatic nitrogens is 4. The quantitative estimate of drug-likeness (QED) is 0.107. The van der Waals surface area contributed by atoms with Crippen LogP contribution in [0.2, 0.25) is 0 Å². The number of carbonyl (C=O) groups is 2. The van der Waals surface area contributed by atoms with E-state index in [0.717, 1.165) is 121 Å². The Morgan fingerprint density at radius 2 is 0.900 bits per heavy atom. The topological polar surface area (TPSA) is 104 Å². The first-order valence-electron chi connectivity index (χ1n) is 21.9. The first-order valence-corrected chi connectivity index (χ1v) is 21.9. The van der Waals surface area contributed by atoms with Gasteiger partial charge in [-0.3, -0.25) is 19.4 Å². The zero-order valence-electron chi connectivity index (χ0n) is 35.4. The minimum atomic E-state index is -0.314. The predicted octanol–water partition coefficient (Wildman–Crippen LogP) is 9.63. The molecule has 0 spiro atoms. The van der Waals surface area contributed by atoms with Gasteiger partial charge in [0.05, 0.1) is 35.9 Å². The second-order valence-electron chi connectivity index (χ2n) is 16.0. The fraction of sp³-hybridized carbons (Fsp3) is 0.360. The summed E-state index contributed by atoms with van der Waals surface area (Å²) in [5, 5.41) is 0. The van der Waals surface area contributed by atoms with E-state index in [9.17, 15) is 9.59 Å². The number of nitrogens with zero attached hydrogens (tertiary/aromatic N) is 6. The highest BCUT2D eigenvalue weighted by atomic mass is 16.2. The van der Waals surface area contributed by atoms with Crippen LogP contribution in [0, 0.1) is 0 Å². The lowest BCUT2D eigenvalue weighted by Gasteiger charge is -2.34. The summed E-state index contributed by atoms with van der Waals surface area (Å²) in [4.78, 5) is 53.9. The van der Waals surface area contributed by atoms with Gasteiger partial charge < -0.3 is 19.8 Å². The van der Waals surface area contributed by atoms with Crippen LogP contribution in [0.25, 0.3) is 33.6 Å². The standard InChI is InChI=1S/C50H58N8O2/c1-5-55(6-2)45(39-17-11-9-12-18-39)49(59)57-31-15-21-43(57)47-51-33-41(53-47)37-27-23-35(24-28-37)36-25-29-38(30-26-36)42-34-52-48(54-42)44-22-16-32-58(44)50(60)46(56(7-3)8-4)40-19-13-10-14-20-40/h9-14,17-20,23-30,33-34,43-46H,5-8,15-16,21-22,31-32H2,1-4H3,(H,51,53)(H,52,54)/t43-,44-,45+,46+/m0/s1. The molecule has 10 nitrogen and oxygen atoms in total. The summed E-state index contributed by atoms with van der Waals surface area (Å²) < 4.78 is 0. The van der Waals surface area contributed by atoms with E-state index in [4.69, 9.17) is 9.97 Å². The number of likely N-dealkylation sites (N-methyl/N-ethyl adjacent to an activating group) is 2. The fourth-order valence-electron chi connectivity index (χ4n) is 9.40. The van der Waals surface area contributed by atoms with Crippen molar-refractivity contribution < 1.29 is 9.59 Å². The summed E-state index contributed by atoms with van der Waals surface area (Å²) in [6.07, 6.45) is 7.47. The smallest absolute Gasteiger partial charge is 0.245 e. The normalized spacial score (nSPS) is 17.8. The van der Waals surface area contributed by atoms with E-state index in [2.05, 4.69) is 120 Å². The third-order valence-corrected chi connectivity index (χ3v) is 12.7. The van der Waals surface area contributed by atoms with Crippen LogP contribution in [0.3, 0.4) is 0 Å². The van der Waals surface area contributed by atoms with Crippen LogP contribution in [0.1, 0.15) is 100 Å². The third kappa shape index (κ3) is 8.31. The molecule has 2 fully saturated rings. The largest absolute Gasteiger partial charge is 0.340 e. The molecule has 2 N–H and O–H groups in total. The van der Waals surface area contributed by atoms with Crippen LogP contribution >= 0.6 is 0 Å². The minimum absolute atomic E-state index is 0.0825. The molecule has 0 bridgehead atoms. The maximum absolute atomic E-state index is 14.3. The molecule has 0 unspecified atom stereocenters. The number of hydrogen-bond donors (Lipinski definition) is 2. The number of imidazole rings is 2. The Balaban J connectivity index is 0.936. The Bertz CT molecular complexity index is 2150. The molecule has 10 heteroatoms. The van der Waals surface area contributed by atoms with Gasteiger partial charge in [0.1, 0.15) is 23.7 Å². The molecule has 8 rings (SSSR count). The SMILES string of the molecule is CCN(CC)[C@@H](C(=O)N1CCC[C@H]1c1ncc(-c2ccc(-c3ccc(-c4cnc([C@@H]5CCCN5C(=O)[C@@H](c5ccccc5)N(CC)CC)[nH]4)cc3)cc2)[nH]1)c1ccccc1. The highest BCUT2D eigenvalue weighted by Gasteiger charge is 2.39. The van der Waals surface area contributed by atoms with Crippen molar-refractivity contribution in [2.75, 3.05) is 39.3 Å². The van der Waals surface area contributed by atoms with Gasteiger partial charge in [0.15, 0.2) is 0 Å². The van der Waals surface area contributed by atoms with E-state index in [1.165, 1.54) is 0 Å². The Hall–Kier alpha value is -5.84. The Labute approximate surface area is 354 Å². The summed E-state index contributed by atoms with van der Waals surface area (Å²) in [5.74, 6) is 1.97. The molecule has 60 heavy (non-hydrogen) atoms. The number of carbonyl (C=O) groups excluding carboxylic acids is 2. The first kappa shape index (κ1) is 40.9. The van der Waals surface area contributed by atoms with Gasteiger partial charge in [-0.2, -0.15) is 0 Å². The van der Waals surface area contributed by atoms with Crippen molar-refractivity contribution in [3.05, 3.63) is 144 Å². The van der Waals surface area contributed by atoms with Gasteiger partial charge in [0.25, 0.3) is 0 Å². The molecule has 0 saturated carbocycles. The zero-order chi connectivity index (χ0) is 41.6. The van der Waals surface area contributed by atoms with Gasteiger partial charge in [-0.15, -0.1) is 0 Å². The van der Waals surface area contributed by atoms with Crippen molar-refractivity contribution in [3.63, 3.8) is 0 Å². The van der Waals surface area contributed by atoms with Crippen molar-refractivity contribution >= 4 is 11.8 Å². The van der Waals surface area contributed by atoms with E-state index < -0.39 is 0 Å². The maximum atomic E-state index is 14.3. The van der Waals surface area contributed by atoms with Gasteiger partial charge in [0.2, 0.25) is 11.8 Å². The van der Waals surface area contributed by atoms with E-state index in [-0.39, 0.29) is 36.0 Å². The molecule has 2 aromatic heterocycles. The molecule has 4 atom stereocenters. The highest BCUT2D eigenvalue weighted by molar-refractivity contribution is 5.85. The second-order valence-corrected chi connectivity index (χ2v) is 16.0. The van der Waals surface area contributed by atoms with Crippen molar-refractivity contribution in [2.45, 2.75) is 77.5 Å². The highest BCUT2D eigenvalue weighted by Crippen LogP contribution is 2.38. The monoisotopic (exact) mass is 802 g/mol. The number of benzene rings is 4. The molecule has 2 aliphatic rings. The van der Waals surface area contributed by atoms with Crippen molar-refractivity contribution in [1.82, 2.24) is 39.5 Å². The van der Waals surface area contributed by atoms with Crippen molar-refractivity contribution in [3.8, 4) is 33.6 Å². The van der Waals surface area contributed by atoms with Gasteiger partial charge in [-0.25, -0.2) is 9.97 Å². The van der Waals surface area contributed by atoms with Crippen molar-refractivity contribution in [1.29, 1.82) is 0 Å². The third-order valence-electron chi connectivity index (χ3n) is 12.7. The first-order chi connectivity index (χ1) is 29.4. The lowest BCUT2D eigenvalue weighted by molar-refractivity contribution is -0.139. The van der Waals surface area contributed by atoms with Gasteiger partial charge >= 0.3 is 0 Å². The van der Waals surface area contributed by atoms with Crippen LogP contribution in [-0.4, -0.2) is 90.6 Å². The zero-order valence-corrected chi connectivity index (χ0v) is 35.4. The molecule has 0 radical (unpaired) electrons. The average molecular weight is 803 g/mol. The average Bonchev–Trinajstić information content (AvgIpc) is 4.15. The molecular formula is C50H58N8O2. The van der Waals surface area contributed by atoms with Crippen LogP contribution in [0.15, 0.2) is 122 Å². The lowest BCUT2D eigenvalue weighted by atomic mass is 10.0. The van der Waals surface area contributed by atoms with Crippen molar-refractivity contribution in [2.24, 2.45) is 0 Å². The Morgan fingerprint density at radius 1 is 0.550 bits per heavy atom. The number of nitrogens with one attached hydrogen (secondary N) is 2. The lowest BCUT2D eigenvalue weighted by Crippen LogP contribution is -2.43. The minimum Gasteiger partial charge on any atom is -0.340 e. The van der Waals surface area contributed by atoms with Crippen LogP contribution in [-0.2, 0) is 9.59 Å². The molecule has 4 heterocycles. The fourth-order valence-corrected chi connectivity index (χ4v) is 9.40. The number of H-pyrrole nitrogens is 2. The number of hydrogen-bond acceptors (Lipinski definition) is 6. The van der Waals surface area contributed by atoms with E-state index >= 15 is 0 Å². The molecule has 310 valence electrons. The van der Waals surface area contributed by atoms with E-state index in [1.54, 1.807) is 0 Å². The summed E-state index contributed by atoms with van der Waals surface area (Å²) >= 11 is 0. The summed E-state index contributed by atoms with van der Waals surface area (Å²) in [7, 11) is 0. The molecule has 4 aromatic carbocycles. The number of likely N-dealkylation sites (tertiary alicyclic amines) is 2. The number of amides is 2. The van der Waals surface area contributed by atoms with Gasteiger partial charge in [0, 0.05) is 13.1 Å². The molecule has 2 aliphatic heterocycles. The Kier molecular flexibility index (Phi) is 12.7. The van der Waals surface area contributed by atoms with E-state index in [1.807, 2.05) is 58.6 Å². The maximum Gasteiger partial charge on any atom is 0.245 e. The van der Waals surface area contributed by atoms with Gasteiger partial charge in [-0.05, 0) is 85.2 Å². The summed E-state index contributed by atoms with van der Waals surface area (Å²) in [5.41, 5.74) is 8.28. The molecule has 0 aliphatic carbocycles. The molecular weight excluding hydrogens is 745 g/mol. The second kappa shape index (κ2) is 18.6. The Morgan fingerprint density at radius 3 is 1.25 bits per heavy atom. The molecule has 6 aromatic rings. The van der Waals surface area contributed by atoms with Gasteiger partial charge in [-0.1, -0.05) is 137 Å². The predicted molar refractivity (Wildman–Crippen MR) is 239 cm³/mol. The van der Waals surface area contributed by atoms with Crippen LogP contribution in [0.4, 0.5) is 0 Å². The number of aromatic amines is 2. The summed E-state index contributed by atoms with van der Waals surface area (Å²) in [6.45, 7) is 13.1. The van der Waals surface area contributed by atoms with Crippen LogP contribution < -0.4 is 0 Å². The summed E-state index contributed by atoms with van der Waals surface area (Å²) in [6, 6.07) is 36.6. The molecule has 2 saturated heterocycles. The van der Waals surface area contributed by atoms with Crippen LogP contribution in [0.5, 0.6) is 0 Å².